The van der Waals surface area contributed by atoms with Gasteiger partial charge in [-0.3, -0.25) is 4.79 Å². The number of rotatable bonds is 4. The molecule has 0 atom stereocenters. The van der Waals surface area contributed by atoms with Gasteiger partial charge in [0.25, 0.3) is 5.91 Å². The molecule has 0 aromatic heterocycles. The summed E-state index contributed by atoms with van der Waals surface area (Å²) in [5, 5.41) is 5.51. The van der Waals surface area contributed by atoms with E-state index in [-0.39, 0.29) is 17.2 Å². The number of carbonyl (C=O) groups is 1. The summed E-state index contributed by atoms with van der Waals surface area (Å²) in [4.78, 5) is 12.2. The monoisotopic (exact) mass is 272 g/mol. The van der Waals surface area contributed by atoms with E-state index in [2.05, 4.69) is 10.6 Å². The molecule has 2 rings (SSSR count). The molecule has 3 nitrogen and oxygen atoms in total. The van der Waals surface area contributed by atoms with Crippen molar-refractivity contribution >= 4 is 17.3 Å². The average Bonchev–Trinajstić information content (AvgIpc) is 2.47. The van der Waals surface area contributed by atoms with E-state index in [1.54, 1.807) is 13.1 Å². The minimum Gasteiger partial charge on any atom is -0.385 e. The number of amides is 1. The molecule has 4 heteroatoms. The molecule has 0 saturated heterocycles. The predicted octanol–water partition coefficient (Wildman–Crippen LogP) is 3.68. The Labute approximate surface area is 117 Å². The first-order valence-electron chi connectivity index (χ1n) is 6.52. The van der Waals surface area contributed by atoms with Gasteiger partial charge in [-0.15, -0.1) is 0 Å². The fourth-order valence-corrected chi connectivity index (χ4v) is 2.03. The second kappa shape index (κ2) is 6.19. The summed E-state index contributed by atoms with van der Waals surface area (Å²) in [5.41, 5.74) is 2.34. The Bertz CT molecular complexity index is 626. The zero-order valence-electron chi connectivity index (χ0n) is 11.5. The van der Waals surface area contributed by atoms with Crippen LogP contribution in [0.3, 0.4) is 0 Å². The van der Waals surface area contributed by atoms with Gasteiger partial charge < -0.3 is 10.6 Å². The van der Waals surface area contributed by atoms with Crippen molar-refractivity contribution in [2.24, 2.45) is 0 Å². The van der Waals surface area contributed by atoms with Crippen LogP contribution < -0.4 is 10.6 Å². The van der Waals surface area contributed by atoms with Crippen LogP contribution in [0.15, 0.2) is 42.5 Å². The van der Waals surface area contributed by atoms with Crippen molar-refractivity contribution in [1.82, 2.24) is 0 Å². The third kappa shape index (κ3) is 2.96. The van der Waals surface area contributed by atoms with E-state index in [4.69, 9.17) is 0 Å². The summed E-state index contributed by atoms with van der Waals surface area (Å²) in [6.07, 6.45) is 0.894. The highest BCUT2D eigenvalue weighted by molar-refractivity contribution is 6.08. The summed E-state index contributed by atoms with van der Waals surface area (Å²) < 4.78 is 13.6. The molecule has 104 valence electrons. The molecule has 0 heterocycles. The van der Waals surface area contributed by atoms with E-state index in [0.29, 0.717) is 5.69 Å². The van der Waals surface area contributed by atoms with Gasteiger partial charge in [-0.05, 0) is 36.2 Å². The molecule has 2 aromatic carbocycles. The number of hydrogen-bond acceptors (Lipinski definition) is 2. The molecule has 0 aliphatic heterocycles. The van der Waals surface area contributed by atoms with Gasteiger partial charge in [0.15, 0.2) is 0 Å². The van der Waals surface area contributed by atoms with Crippen LogP contribution in [0.4, 0.5) is 15.8 Å². The first-order valence-corrected chi connectivity index (χ1v) is 6.52. The Kier molecular flexibility index (Phi) is 4.35. The summed E-state index contributed by atoms with van der Waals surface area (Å²) in [6, 6.07) is 12.0. The van der Waals surface area contributed by atoms with Crippen LogP contribution in [-0.2, 0) is 6.42 Å². The molecular formula is C16H17FN2O. The number of hydrogen-bond donors (Lipinski definition) is 2. The third-order valence-corrected chi connectivity index (χ3v) is 3.10. The van der Waals surface area contributed by atoms with Gasteiger partial charge in [-0.2, -0.15) is 0 Å². The van der Waals surface area contributed by atoms with Gasteiger partial charge in [0, 0.05) is 12.7 Å². The maximum atomic E-state index is 13.6. The molecule has 2 aromatic rings. The van der Waals surface area contributed by atoms with Crippen LogP contribution >= 0.6 is 0 Å². The first kappa shape index (κ1) is 14.1. The van der Waals surface area contributed by atoms with Crippen molar-refractivity contribution in [3.8, 4) is 0 Å². The van der Waals surface area contributed by atoms with Crippen LogP contribution in [-0.4, -0.2) is 13.0 Å². The van der Waals surface area contributed by atoms with Gasteiger partial charge in [0.05, 0.1) is 11.3 Å². The summed E-state index contributed by atoms with van der Waals surface area (Å²) in [6.45, 7) is 2.05. The minimum atomic E-state index is -0.442. The number of halogens is 1. The standard InChI is InChI=1S/C16H17FN2O/c1-3-11-6-4-7-12(10-11)19-16(20)13-8-5-9-14(17)15(13)18-2/h4-10,18H,3H2,1-2H3,(H,19,20). The smallest absolute Gasteiger partial charge is 0.257 e. The van der Waals surface area contributed by atoms with Gasteiger partial charge >= 0.3 is 0 Å². The Hall–Kier alpha value is -2.36. The van der Waals surface area contributed by atoms with Crippen molar-refractivity contribution in [2.75, 3.05) is 17.7 Å². The highest BCUT2D eigenvalue weighted by Gasteiger charge is 2.14. The van der Waals surface area contributed by atoms with E-state index in [0.717, 1.165) is 12.0 Å². The molecule has 0 radical (unpaired) electrons. The second-order valence-electron chi connectivity index (χ2n) is 4.42. The van der Waals surface area contributed by atoms with Gasteiger partial charge in [-0.1, -0.05) is 25.1 Å². The quantitative estimate of drug-likeness (QED) is 0.891. The van der Waals surface area contributed by atoms with Gasteiger partial charge in [0.1, 0.15) is 5.82 Å². The molecule has 0 aliphatic rings. The van der Waals surface area contributed by atoms with Crippen molar-refractivity contribution in [3.63, 3.8) is 0 Å². The minimum absolute atomic E-state index is 0.205. The molecule has 2 N–H and O–H groups in total. The van der Waals surface area contributed by atoms with Crippen LogP contribution in [0.25, 0.3) is 0 Å². The van der Waals surface area contributed by atoms with Gasteiger partial charge in [-0.25, -0.2) is 4.39 Å². The van der Waals surface area contributed by atoms with Crippen molar-refractivity contribution in [1.29, 1.82) is 0 Å². The Morgan fingerprint density at radius 1 is 1.20 bits per heavy atom. The molecule has 0 saturated carbocycles. The lowest BCUT2D eigenvalue weighted by atomic mass is 10.1. The second-order valence-corrected chi connectivity index (χ2v) is 4.42. The lowest BCUT2D eigenvalue weighted by molar-refractivity contribution is 0.102. The fourth-order valence-electron chi connectivity index (χ4n) is 2.03. The van der Waals surface area contributed by atoms with Crippen LogP contribution in [0.2, 0.25) is 0 Å². The molecule has 0 spiro atoms. The highest BCUT2D eigenvalue weighted by Crippen LogP contribution is 2.21. The predicted molar refractivity (Wildman–Crippen MR) is 79.7 cm³/mol. The molecule has 0 aliphatic carbocycles. The maximum Gasteiger partial charge on any atom is 0.257 e. The average molecular weight is 272 g/mol. The highest BCUT2D eigenvalue weighted by atomic mass is 19.1. The Morgan fingerprint density at radius 3 is 2.65 bits per heavy atom. The number of nitrogens with one attached hydrogen (secondary N) is 2. The SMILES string of the molecule is CCc1cccc(NC(=O)c2cccc(F)c2NC)c1. The van der Waals surface area contributed by atoms with Crippen molar-refractivity contribution in [3.05, 3.63) is 59.4 Å². The number of carbonyl (C=O) groups excluding carboxylic acids is 1. The lowest BCUT2D eigenvalue weighted by Gasteiger charge is -2.11. The summed E-state index contributed by atoms with van der Waals surface area (Å²) in [7, 11) is 1.59. The summed E-state index contributed by atoms with van der Waals surface area (Å²) >= 11 is 0. The van der Waals surface area contributed by atoms with E-state index < -0.39 is 5.82 Å². The number of anilines is 2. The van der Waals surface area contributed by atoms with Crippen molar-refractivity contribution < 1.29 is 9.18 Å². The zero-order valence-corrected chi connectivity index (χ0v) is 11.5. The van der Waals surface area contributed by atoms with Crippen LogP contribution in [0.5, 0.6) is 0 Å². The third-order valence-electron chi connectivity index (χ3n) is 3.10. The topological polar surface area (TPSA) is 41.1 Å². The largest absolute Gasteiger partial charge is 0.385 e. The molecule has 0 fully saturated rings. The maximum absolute atomic E-state index is 13.6. The number of aryl methyl sites for hydroxylation is 1. The molecule has 0 unspecified atom stereocenters. The van der Waals surface area contributed by atoms with Crippen LogP contribution in [0, 0.1) is 5.82 Å². The van der Waals surface area contributed by atoms with E-state index in [1.807, 2.05) is 31.2 Å². The number of para-hydroxylation sites is 1. The van der Waals surface area contributed by atoms with Gasteiger partial charge in [0.2, 0.25) is 0 Å². The normalized spacial score (nSPS) is 10.2. The summed E-state index contributed by atoms with van der Waals surface area (Å²) in [5.74, 6) is -0.774. The lowest BCUT2D eigenvalue weighted by Crippen LogP contribution is -2.14. The van der Waals surface area contributed by atoms with E-state index >= 15 is 0 Å². The zero-order chi connectivity index (χ0) is 14.5. The Balaban J connectivity index is 2.26. The van der Waals surface area contributed by atoms with Crippen LogP contribution in [0.1, 0.15) is 22.8 Å². The Morgan fingerprint density at radius 2 is 1.95 bits per heavy atom. The number of benzene rings is 2. The molecule has 20 heavy (non-hydrogen) atoms. The molecule has 0 bridgehead atoms. The molecule has 1 amide bonds. The fraction of sp³-hybridized carbons (Fsp3) is 0.188. The van der Waals surface area contributed by atoms with E-state index in [9.17, 15) is 9.18 Å². The van der Waals surface area contributed by atoms with Crippen molar-refractivity contribution in [2.45, 2.75) is 13.3 Å². The first-order chi connectivity index (χ1) is 9.65. The van der Waals surface area contributed by atoms with E-state index in [1.165, 1.54) is 12.1 Å². The molecular weight excluding hydrogens is 255 g/mol.